The van der Waals surface area contributed by atoms with Gasteiger partial charge in [-0.15, -0.1) is 10.2 Å². The van der Waals surface area contributed by atoms with E-state index in [0.717, 1.165) is 11.4 Å². The zero-order valence-corrected chi connectivity index (χ0v) is 17.3. The Balaban J connectivity index is 1.36. The highest BCUT2D eigenvalue weighted by Crippen LogP contribution is 2.39. The SMILES string of the molecule is CC(C)n1cnnc1-c1cccc(C(=O)Nc2cncc(-n3cnc(C4CC4)c3)c2)n1. The third-order valence-corrected chi connectivity index (χ3v) is 5.22. The summed E-state index contributed by atoms with van der Waals surface area (Å²) >= 11 is 0. The molecule has 0 aromatic carbocycles. The molecule has 0 atom stereocenters. The highest BCUT2D eigenvalue weighted by Gasteiger charge is 2.25. The lowest BCUT2D eigenvalue weighted by atomic mass is 10.2. The van der Waals surface area contributed by atoms with Crippen LogP contribution in [0.1, 0.15) is 54.8 Å². The molecule has 1 aliphatic rings. The molecule has 0 spiro atoms. The Kier molecular flexibility index (Phi) is 4.78. The molecule has 9 heteroatoms. The number of nitrogens with one attached hydrogen (secondary N) is 1. The molecule has 1 saturated carbocycles. The molecular weight excluding hydrogens is 392 g/mol. The highest BCUT2D eigenvalue weighted by molar-refractivity contribution is 6.03. The molecule has 0 bridgehead atoms. The first-order chi connectivity index (χ1) is 15.1. The monoisotopic (exact) mass is 414 g/mol. The van der Waals surface area contributed by atoms with Gasteiger partial charge in [-0.25, -0.2) is 9.97 Å². The fraction of sp³-hybridized carbons (Fsp3) is 0.273. The largest absolute Gasteiger partial charge is 0.319 e. The minimum absolute atomic E-state index is 0.182. The molecule has 1 aliphatic carbocycles. The Hall–Kier alpha value is -3.88. The molecule has 5 rings (SSSR count). The van der Waals surface area contributed by atoms with E-state index in [0.29, 0.717) is 28.8 Å². The number of rotatable bonds is 6. The zero-order valence-electron chi connectivity index (χ0n) is 17.3. The molecule has 1 N–H and O–H groups in total. The van der Waals surface area contributed by atoms with Gasteiger partial charge in [-0.1, -0.05) is 6.07 Å². The van der Waals surface area contributed by atoms with Gasteiger partial charge in [-0.05, 0) is 44.9 Å². The summed E-state index contributed by atoms with van der Waals surface area (Å²) < 4.78 is 3.84. The third-order valence-electron chi connectivity index (χ3n) is 5.22. The number of carbonyl (C=O) groups is 1. The van der Waals surface area contributed by atoms with Crippen LogP contribution in [0.25, 0.3) is 17.2 Å². The summed E-state index contributed by atoms with van der Waals surface area (Å²) in [6.45, 7) is 4.08. The molecule has 0 saturated heterocycles. The zero-order chi connectivity index (χ0) is 21.4. The van der Waals surface area contributed by atoms with Crippen LogP contribution < -0.4 is 5.32 Å². The van der Waals surface area contributed by atoms with E-state index in [1.807, 2.05) is 41.3 Å². The minimum atomic E-state index is -0.319. The van der Waals surface area contributed by atoms with Crippen molar-refractivity contribution in [1.82, 2.24) is 34.3 Å². The van der Waals surface area contributed by atoms with Crippen molar-refractivity contribution in [3.05, 3.63) is 66.9 Å². The van der Waals surface area contributed by atoms with Crippen molar-refractivity contribution in [3.8, 4) is 17.2 Å². The molecule has 1 fully saturated rings. The molecule has 1 amide bonds. The number of hydrogen-bond donors (Lipinski definition) is 1. The van der Waals surface area contributed by atoms with Gasteiger partial charge in [0.1, 0.15) is 17.7 Å². The number of aromatic nitrogens is 7. The van der Waals surface area contributed by atoms with Gasteiger partial charge in [0, 0.05) is 18.2 Å². The van der Waals surface area contributed by atoms with E-state index >= 15 is 0 Å². The first-order valence-electron chi connectivity index (χ1n) is 10.3. The molecule has 0 aliphatic heterocycles. The molecule has 9 nitrogen and oxygen atoms in total. The molecule has 4 aromatic heterocycles. The number of carbonyl (C=O) groups excluding carboxylic acids is 1. The molecule has 31 heavy (non-hydrogen) atoms. The Labute approximate surface area is 179 Å². The standard InChI is InChI=1S/C22H22N8O/c1-14(2)30-13-25-28-21(30)18-4-3-5-19(27-18)22(31)26-16-8-17(10-23-9-16)29-11-20(24-12-29)15-6-7-15/h3-5,8-15H,6-7H2,1-2H3,(H,26,31). The number of amides is 1. The first kappa shape index (κ1) is 19.1. The van der Waals surface area contributed by atoms with E-state index in [2.05, 4.69) is 30.5 Å². The lowest BCUT2D eigenvalue weighted by Gasteiger charge is -2.10. The van der Waals surface area contributed by atoms with Crippen LogP contribution in [0.4, 0.5) is 5.69 Å². The van der Waals surface area contributed by atoms with Crippen molar-refractivity contribution in [2.75, 3.05) is 5.32 Å². The number of pyridine rings is 2. The average Bonchev–Trinajstić information content (AvgIpc) is 3.30. The summed E-state index contributed by atoms with van der Waals surface area (Å²) in [7, 11) is 0. The summed E-state index contributed by atoms with van der Waals surface area (Å²) in [6.07, 6.45) is 11.2. The van der Waals surface area contributed by atoms with Crippen LogP contribution in [0.2, 0.25) is 0 Å². The molecular formula is C22H22N8O. The number of nitrogens with zero attached hydrogens (tertiary/aromatic N) is 7. The lowest BCUT2D eigenvalue weighted by molar-refractivity contribution is 0.102. The van der Waals surface area contributed by atoms with Crippen molar-refractivity contribution in [2.45, 2.75) is 38.6 Å². The van der Waals surface area contributed by atoms with Gasteiger partial charge in [0.2, 0.25) is 0 Å². The lowest BCUT2D eigenvalue weighted by Crippen LogP contribution is -2.15. The van der Waals surface area contributed by atoms with Crippen molar-refractivity contribution in [1.29, 1.82) is 0 Å². The average molecular weight is 414 g/mol. The third kappa shape index (κ3) is 3.94. The van der Waals surface area contributed by atoms with Crippen LogP contribution in [0.15, 0.2) is 55.5 Å². The normalized spacial score (nSPS) is 13.5. The Bertz CT molecular complexity index is 1240. The quantitative estimate of drug-likeness (QED) is 0.517. The van der Waals surface area contributed by atoms with Gasteiger partial charge in [-0.3, -0.25) is 9.78 Å². The van der Waals surface area contributed by atoms with E-state index in [1.54, 1.807) is 37.2 Å². The van der Waals surface area contributed by atoms with E-state index in [9.17, 15) is 4.79 Å². The summed E-state index contributed by atoms with van der Waals surface area (Å²) in [4.78, 5) is 26.1. The maximum Gasteiger partial charge on any atom is 0.274 e. The summed E-state index contributed by atoms with van der Waals surface area (Å²) in [6, 6.07) is 7.32. The van der Waals surface area contributed by atoms with Crippen molar-refractivity contribution in [2.24, 2.45) is 0 Å². The minimum Gasteiger partial charge on any atom is -0.319 e. The van der Waals surface area contributed by atoms with E-state index in [1.165, 1.54) is 12.8 Å². The second kappa shape index (κ2) is 7.75. The van der Waals surface area contributed by atoms with Gasteiger partial charge in [0.05, 0.1) is 35.8 Å². The maximum atomic E-state index is 12.8. The fourth-order valence-corrected chi connectivity index (χ4v) is 3.39. The van der Waals surface area contributed by atoms with E-state index in [-0.39, 0.29) is 11.9 Å². The van der Waals surface area contributed by atoms with Gasteiger partial charge < -0.3 is 14.5 Å². The maximum absolute atomic E-state index is 12.8. The van der Waals surface area contributed by atoms with Crippen molar-refractivity contribution in [3.63, 3.8) is 0 Å². The number of anilines is 1. The molecule has 4 heterocycles. The molecule has 0 radical (unpaired) electrons. The Morgan fingerprint density at radius 3 is 2.87 bits per heavy atom. The fourth-order valence-electron chi connectivity index (χ4n) is 3.39. The van der Waals surface area contributed by atoms with Crippen LogP contribution in [0, 0.1) is 0 Å². The smallest absolute Gasteiger partial charge is 0.274 e. The van der Waals surface area contributed by atoms with Gasteiger partial charge in [0.15, 0.2) is 5.82 Å². The number of hydrogen-bond acceptors (Lipinski definition) is 6. The Morgan fingerprint density at radius 2 is 2.06 bits per heavy atom. The second-order valence-corrected chi connectivity index (χ2v) is 7.93. The van der Waals surface area contributed by atoms with Crippen LogP contribution in [0.5, 0.6) is 0 Å². The Morgan fingerprint density at radius 1 is 1.19 bits per heavy atom. The van der Waals surface area contributed by atoms with Crippen LogP contribution in [0.3, 0.4) is 0 Å². The summed E-state index contributed by atoms with van der Waals surface area (Å²) in [5.74, 6) is 0.887. The molecule has 4 aromatic rings. The van der Waals surface area contributed by atoms with E-state index in [4.69, 9.17) is 0 Å². The predicted molar refractivity (Wildman–Crippen MR) is 115 cm³/mol. The second-order valence-electron chi connectivity index (χ2n) is 7.93. The number of imidazole rings is 1. The summed E-state index contributed by atoms with van der Waals surface area (Å²) in [5, 5.41) is 11.0. The van der Waals surface area contributed by atoms with Crippen LogP contribution in [-0.4, -0.2) is 40.2 Å². The van der Waals surface area contributed by atoms with E-state index < -0.39 is 0 Å². The van der Waals surface area contributed by atoms with Crippen molar-refractivity contribution < 1.29 is 4.79 Å². The van der Waals surface area contributed by atoms with Gasteiger partial charge in [0.25, 0.3) is 5.91 Å². The van der Waals surface area contributed by atoms with Crippen LogP contribution >= 0.6 is 0 Å². The topological polar surface area (TPSA) is 103 Å². The predicted octanol–water partition coefficient (Wildman–Crippen LogP) is 3.63. The van der Waals surface area contributed by atoms with Gasteiger partial charge >= 0.3 is 0 Å². The van der Waals surface area contributed by atoms with Crippen LogP contribution in [-0.2, 0) is 0 Å². The summed E-state index contributed by atoms with van der Waals surface area (Å²) in [5.41, 5.74) is 3.41. The molecule has 0 unspecified atom stereocenters. The van der Waals surface area contributed by atoms with Gasteiger partial charge in [-0.2, -0.15) is 0 Å². The molecule has 156 valence electrons. The van der Waals surface area contributed by atoms with Crippen molar-refractivity contribution >= 4 is 11.6 Å². The highest BCUT2D eigenvalue weighted by atomic mass is 16.1. The first-order valence-corrected chi connectivity index (χ1v) is 10.3.